The molecule has 0 saturated heterocycles. The number of para-hydroxylation sites is 1. The Morgan fingerprint density at radius 3 is 2.54 bits per heavy atom. The van der Waals surface area contributed by atoms with Gasteiger partial charge in [0.05, 0.1) is 11.4 Å². The Bertz CT molecular complexity index is 692. The van der Waals surface area contributed by atoms with Crippen LogP contribution in [-0.2, 0) is 4.79 Å². The average molecular weight is 342 g/mol. The van der Waals surface area contributed by atoms with Crippen LogP contribution >= 0.6 is 11.8 Å². The molecule has 0 N–H and O–H groups in total. The molecule has 1 aromatic heterocycles. The van der Waals surface area contributed by atoms with Gasteiger partial charge in [0.1, 0.15) is 6.33 Å². The predicted octanol–water partition coefficient (Wildman–Crippen LogP) is 3.29. The summed E-state index contributed by atoms with van der Waals surface area (Å²) in [5, 5.41) is 5.13. The number of nitrogens with zero attached hydrogens (tertiary/aromatic N) is 4. The molecule has 2 aliphatic rings. The van der Waals surface area contributed by atoms with E-state index in [9.17, 15) is 4.79 Å². The first kappa shape index (κ1) is 15.7. The Balaban J connectivity index is 1.37. The van der Waals surface area contributed by atoms with E-state index in [1.807, 2.05) is 30.3 Å². The van der Waals surface area contributed by atoms with Gasteiger partial charge in [0.2, 0.25) is 11.1 Å². The topological polar surface area (TPSA) is 51.0 Å². The van der Waals surface area contributed by atoms with E-state index in [0.29, 0.717) is 23.0 Å². The Hall–Kier alpha value is -1.82. The minimum absolute atomic E-state index is 0.255. The molecule has 0 unspecified atom stereocenters. The van der Waals surface area contributed by atoms with E-state index >= 15 is 0 Å². The number of hydrogen-bond donors (Lipinski definition) is 0. The Kier molecular flexibility index (Phi) is 4.56. The summed E-state index contributed by atoms with van der Waals surface area (Å²) in [6.45, 7) is 0. The van der Waals surface area contributed by atoms with Crippen molar-refractivity contribution in [3.8, 4) is 5.69 Å². The Morgan fingerprint density at radius 2 is 1.83 bits per heavy atom. The van der Waals surface area contributed by atoms with Gasteiger partial charge in [-0.15, -0.1) is 5.10 Å². The molecule has 1 amide bonds. The molecule has 1 aromatic carbocycles. The zero-order valence-corrected chi connectivity index (χ0v) is 14.5. The molecule has 0 spiro atoms. The highest BCUT2D eigenvalue weighted by Crippen LogP contribution is 2.35. The molecule has 0 aliphatic heterocycles. The van der Waals surface area contributed by atoms with Crippen molar-refractivity contribution in [1.29, 1.82) is 0 Å². The van der Waals surface area contributed by atoms with Gasteiger partial charge in [0, 0.05) is 12.1 Å². The van der Waals surface area contributed by atoms with Gasteiger partial charge in [-0.05, 0) is 37.8 Å². The number of amides is 1. The maximum absolute atomic E-state index is 12.7. The third-order valence-corrected chi connectivity index (χ3v) is 5.60. The molecule has 2 fully saturated rings. The van der Waals surface area contributed by atoms with Crippen molar-refractivity contribution in [1.82, 2.24) is 19.7 Å². The Morgan fingerprint density at radius 1 is 1.12 bits per heavy atom. The molecule has 4 rings (SSSR count). The van der Waals surface area contributed by atoms with E-state index in [4.69, 9.17) is 0 Å². The molecule has 24 heavy (non-hydrogen) atoms. The molecule has 2 aromatic rings. The van der Waals surface area contributed by atoms with Crippen LogP contribution in [0.1, 0.15) is 38.5 Å². The lowest BCUT2D eigenvalue weighted by Gasteiger charge is -2.28. The summed E-state index contributed by atoms with van der Waals surface area (Å²) >= 11 is 1.44. The molecule has 0 radical (unpaired) electrons. The number of hydrogen-bond acceptors (Lipinski definition) is 4. The van der Waals surface area contributed by atoms with Gasteiger partial charge in [0.15, 0.2) is 0 Å². The third kappa shape index (κ3) is 3.48. The first-order valence-electron chi connectivity index (χ1n) is 8.72. The van der Waals surface area contributed by atoms with Crippen molar-refractivity contribution < 1.29 is 4.79 Å². The smallest absolute Gasteiger partial charge is 0.233 e. The third-order valence-electron chi connectivity index (χ3n) is 4.76. The van der Waals surface area contributed by atoms with Crippen molar-refractivity contribution in [3.05, 3.63) is 36.7 Å². The number of carbonyl (C=O) groups is 1. The van der Waals surface area contributed by atoms with E-state index in [1.54, 1.807) is 11.0 Å². The maximum Gasteiger partial charge on any atom is 0.233 e. The van der Waals surface area contributed by atoms with Gasteiger partial charge in [-0.1, -0.05) is 42.8 Å². The van der Waals surface area contributed by atoms with Crippen LogP contribution in [-0.4, -0.2) is 43.4 Å². The fourth-order valence-electron chi connectivity index (χ4n) is 3.46. The minimum Gasteiger partial charge on any atom is -0.336 e. The molecule has 2 saturated carbocycles. The van der Waals surface area contributed by atoms with E-state index in [1.165, 1.54) is 50.3 Å². The lowest BCUT2D eigenvalue weighted by molar-refractivity contribution is -0.131. The van der Waals surface area contributed by atoms with Crippen molar-refractivity contribution in [3.63, 3.8) is 0 Å². The zero-order valence-electron chi connectivity index (χ0n) is 13.7. The van der Waals surface area contributed by atoms with Crippen LogP contribution in [0.5, 0.6) is 0 Å². The molecule has 126 valence electrons. The van der Waals surface area contributed by atoms with Gasteiger partial charge < -0.3 is 4.90 Å². The Labute approximate surface area is 146 Å². The van der Waals surface area contributed by atoms with Crippen molar-refractivity contribution in [2.45, 2.75) is 55.8 Å². The number of carbonyl (C=O) groups excluding carboxylic acids is 1. The van der Waals surface area contributed by atoms with E-state index in [2.05, 4.69) is 15.0 Å². The summed E-state index contributed by atoms with van der Waals surface area (Å²) in [7, 11) is 0. The largest absolute Gasteiger partial charge is 0.336 e. The fraction of sp³-hybridized carbons (Fsp3) is 0.500. The molecule has 2 aliphatic carbocycles. The molecule has 0 bridgehead atoms. The van der Waals surface area contributed by atoms with Crippen LogP contribution in [0, 0.1) is 0 Å². The number of benzene rings is 1. The highest BCUT2D eigenvalue weighted by atomic mass is 32.2. The molecular weight excluding hydrogens is 320 g/mol. The van der Waals surface area contributed by atoms with Crippen LogP contribution in [0.3, 0.4) is 0 Å². The summed E-state index contributed by atoms with van der Waals surface area (Å²) in [5.41, 5.74) is 0.980. The first-order chi connectivity index (χ1) is 11.8. The zero-order chi connectivity index (χ0) is 16.4. The quantitative estimate of drug-likeness (QED) is 0.756. The number of aromatic nitrogens is 3. The van der Waals surface area contributed by atoms with E-state index in [-0.39, 0.29) is 5.91 Å². The summed E-state index contributed by atoms with van der Waals surface area (Å²) < 4.78 is 1.75. The maximum atomic E-state index is 12.7. The summed E-state index contributed by atoms with van der Waals surface area (Å²) in [4.78, 5) is 19.2. The fourth-order valence-corrected chi connectivity index (χ4v) is 4.13. The number of thioether (sulfide) groups is 1. The normalized spacial score (nSPS) is 18.0. The second-order valence-electron chi connectivity index (χ2n) is 6.57. The highest BCUT2D eigenvalue weighted by molar-refractivity contribution is 7.99. The lowest BCUT2D eigenvalue weighted by atomic mass is 10.2. The molecule has 0 atom stereocenters. The van der Waals surface area contributed by atoms with Crippen LogP contribution in [0.4, 0.5) is 0 Å². The molecule has 5 nitrogen and oxygen atoms in total. The summed E-state index contributed by atoms with van der Waals surface area (Å²) in [5.74, 6) is 0.691. The number of rotatable bonds is 6. The van der Waals surface area contributed by atoms with Crippen LogP contribution in [0.2, 0.25) is 0 Å². The van der Waals surface area contributed by atoms with Crippen molar-refractivity contribution >= 4 is 17.7 Å². The summed E-state index contributed by atoms with van der Waals surface area (Å²) in [6.07, 6.45) is 8.93. The predicted molar refractivity (Wildman–Crippen MR) is 94.2 cm³/mol. The van der Waals surface area contributed by atoms with Crippen molar-refractivity contribution in [2.24, 2.45) is 0 Å². The van der Waals surface area contributed by atoms with Crippen LogP contribution in [0.25, 0.3) is 5.69 Å². The molecule has 6 heteroatoms. The van der Waals surface area contributed by atoms with E-state index < -0.39 is 0 Å². The standard InChI is InChI=1S/C18H22N4OS/c23-17(22(16-10-11-16)15-8-4-5-9-15)12-24-18-19-13-21(20-18)14-6-2-1-3-7-14/h1-3,6-7,13,15-16H,4-5,8-12H2. The van der Waals surface area contributed by atoms with Crippen LogP contribution < -0.4 is 0 Å². The van der Waals surface area contributed by atoms with Gasteiger partial charge in [-0.2, -0.15) is 0 Å². The highest BCUT2D eigenvalue weighted by Gasteiger charge is 2.38. The SMILES string of the molecule is O=C(CSc1ncn(-c2ccccc2)n1)N(C1CCCC1)C1CC1. The van der Waals surface area contributed by atoms with Gasteiger partial charge in [-0.25, -0.2) is 9.67 Å². The second kappa shape index (κ2) is 6.97. The minimum atomic E-state index is 0.255. The molecule has 1 heterocycles. The monoisotopic (exact) mass is 342 g/mol. The van der Waals surface area contributed by atoms with Gasteiger partial charge in [-0.3, -0.25) is 4.79 Å². The summed E-state index contributed by atoms with van der Waals surface area (Å²) in [6, 6.07) is 10.9. The van der Waals surface area contributed by atoms with Crippen molar-refractivity contribution in [2.75, 3.05) is 5.75 Å². The second-order valence-corrected chi connectivity index (χ2v) is 7.51. The van der Waals surface area contributed by atoms with E-state index in [0.717, 1.165) is 5.69 Å². The average Bonchev–Trinajstić information content (AvgIpc) is 3.11. The first-order valence-corrected chi connectivity index (χ1v) is 9.71. The molecular formula is C18H22N4OS. The van der Waals surface area contributed by atoms with Crippen LogP contribution in [0.15, 0.2) is 41.8 Å². The van der Waals surface area contributed by atoms with Gasteiger partial charge >= 0.3 is 0 Å². The lowest BCUT2D eigenvalue weighted by Crippen LogP contribution is -2.41. The van der Waals surface area contributed by atoms with Gasteiger partial charge in [0.25, 0.3) is 0 Å².